The third-order valence-electron chi connectivity index (χ3n) is 4.75. The van der Waals surface area contributed by atoms with Crippen molar-refractivity contribution in [3.8, 4) is 5.75 Å². The van der Waals surface area contributed by atoms with E-state index in [1.807, 2.05) is 49.1 Å². The predicted octanol–water partition coefficient (Wildman–Crippen LogP) is 3.67. The minimum Gasteiger partial charge on any atom is -0.495 e. The molecule has 0 saturated carbocycles. The minimum atomic E-state index is -0.0748. The van der Waals surface area contributed by atoms with Crippen LogP contribution in [0.5, 0.6) is 5.75 Å². The summed E-state index contributed by atoms with van der Waals surface area (Å²) in [7, 11) is 1.62. The van der Waals surface area contributed by atoms with Gasteiger partial charge in [0.15, 0.2) is 0 Å². The summed E-state index contributed by atoms with van der Waals surface area (Å²) in [5, 5.41) is 3.00. The number of hydrogen-bond donors (Lipinski definition) is 1. The molecule has 0 spiro atoms. The van der Waals surface area contributed by atoms with E-state index in [0.717, 1.165) is 29.9 Å². The highest BCUT2D eigenvalue weighted by Gasteiger charge is 2.22. The second-order valence-electron chi connectivity index (χ2n) is 6.38. The fourth-order valence-electron chi connectivity index (χ4n) is 3.06. The summed E-state index contributed by atoms with van der Waals surface area (Å²) < 4.78 is 5.40. The molecule has 1 aliphatic rings. The number of aryl methyl sites for hydroxylation is 2. The molecule has 0 unspecified atom stereocenters. The highest BCUT2D eigenvalue weighted by atomic mass is 16.5. The zero-order valence-corrected chi connectivity index (χ0v) is 15.1. The Labute approximate surface area is 149 Å². The third kappa shape index (κ3) is 3.87. The average Bonchev–Trinajstić information content (AvgIpc) is 2.65. The topological polar surface area (TPSA) is 44.8 Å². The number of para-hydroxylation sites is 1. The van der Waals surface area contributed by atoms with Crippen LogP contribution in [-0.2, 0) is 0 Å². The zero-order chi connectivity index (χ0) is 17.8. The van der Waals surface area contributed by atoms with Gasteiger partial charge in [-0.3, -0.25) is 0 Å². The first-order valence-corrected chi connectivity index (χ1v) is 8.59. The van der Waals surface area contributed by atoms with Crippen molar-refractivity contribution in [2.75, 3.05) is 43.5 Å². The number of hydrogen-bond acceptors (Lipinski definition) is 3. The number of piperazine rings is 1. The summed E-state index contributed by atoms with van der Waals surface area (Å²) >= 11 is 0. The van der Waals surface area contributed by atoms with E-state index >= 15 is 0 Å². The van der Waals surface area contributed by atoms with Crippen molar-refractivity contribution in [2.24, 2.45) is 0 Å². The Morgan fingerprint density at radius 2 is 1.64 bits per heavy atom. The molecule has 0 bridgehead atoms. The molecule has 1 N–H and O–H groups in total. The Balaban J connectivity index is 1.63. The molecule has 5 nitrogen and oxygen atoms in total. The van der Waals surface area contributed by atoms with Gasteiger partial charge in [0, 0.05) is 31.9 Å². The summed E-state index contributed by atoms with van der Waals surface area (Å²) in [5.74, 6) is 0.694. The first-order chi connectivity index (χ1) is 12.1. The number of urea groups is 1. The van der Waals surface area contributed by atoms with Crippen LogP contribution in [0, 0.1) is 13.8 Å². The molecule has 1 heterocycles. The number of carbonyl (C=O) groups is 1. The van der Waals surface area contributed by atoms with Gasteiger partial charge in [0.2, 0.25) is 0 Å². The quantitative estimate of drug-likeness (QED) is 0.928. The van der Waals surface area contributed by atoms with Gasteiger partial charge in [0.25, 0.3) is 0 Å². The van der Waals surface area contributed by atoms with Crippen LogP contribution in [0.1, 0.15) is 11.1 Å². The van der Waals surface area contributed by atoms with Gasteiger partial charge in [0.05, 0.1) is 12.8 Å². The molecule has 0 radical (unpaired) electrons. The van der Waals surface area contributed by atoms with Crippen molar-refractivity contribution in [3.05, 3.63) is 53.6 Å². The minimum absolute atomic E-state index is 0.0748. The molecule has 25 heavy (non-hydrogen) atoms. The third-order valence-corrected chi connectivity index (χ3v) is 4.75. The molecule has 5 heteroatoms. The van der Waals surface area contributed by atoms with E-state index < -0.39 is 0 Å². The Hall–Kier alpha value is -2.69. The van der Waals surface area contributed by atoms with Crippen LogP contribution in [-0.4, -0.2) is 44.2 Å². The smallest absolute Gasteiger partial charge is 0.322 e. The van der Waals surface area contributed by atoms with E-state index in [-0.39, 0.29) is 6.03 Å². The van der Waals surface area contributed by atoms with Crippen molar-refractivity contribution in [2.45, 2.75) is 13.8 Å². The molecule has 0 aliphatic carbocycles. The molecule has 3 rings (SSSR count). The van der Waals surface area contributed by atoms with Crippen LogP contribution in [0.25, 0.3) is 0 Å². The van der Waals surface area contributed by atoms with E-state index in [0.29, 0.717) is 18.8 Å². The number of nitrogens with zero attached hydrogens (tertiary/aromatic N) is 2. The summed E-state index contributed by atoms with van der Waals surface area (Å²) in [6.07, 6.45) is 0. The van der Waals surface area contributed by atoms with Gasteiger partial charge < -0.3 is 19.9 Å². The van der Waals surface area contributed by atoms with Crippen molar-refractivity contribution < 1.29 is 9.53 Å². The molecule has 0 aromatic heterocycles. The van der Waals surface area contributed by atoms with Crippen LogP contribution in [0.2, 0.25) is 0 Å². The number of carbonyl (C=O) groups excluding carboxylic acids is 1. The summed E-state index contributed by atoms with van der Waals surface area (Å²) in [6.45, 7) is 7.14. The molecule has 0 atom stereocenters. The first-order valence-electron chi connectivity index (χ1n) is 8.59. The fraction of sp³-hybridized carbons (Fsp3) is 0.350. The monoisotopic (exact) mass is 339 g/mol. The second-order valence-corrected chi connectivity index (χ2v) is 6.38. The van der Waals surface area contributed by atoms with Crippen molar-refractivity contribution in [1.82, 2.24) is 4.90 Å². The van der Waals surface area contributed by atoms with Crippen LogP contribution >= 0.6 is 0 Å². The van der Waals surface area contributed by atoms with E-state index in [9.17, 15) is 4.79 Å². The van der Waals surface area contributed by atoms with Gasteiger partial charge in [-0.25, -0.2) is 4.79 Å². The maximum absolute atomic E-state index is 12.6. The number of methoxy groups -OCH3 is 1. The summed E-state index contributed by atoms with van der Waals surface area (Å²) in [5.41, 5.74) is 4.20. The number of ether oxygens (including phenoxy) is 1. The van der Waals surface area contributed by atoms with E-state index in [4.69, 9.17) is 4.74 Å². The van der Waals surface area contributed by atoms with Gasteiger partial charge in [-0.05, 0) is 49.2 Å². The van der Waals surface area contributed by atoms with Gasteiger partial charge in [0.1, 0.15) is 5.75 Å². The van der Waals surface area contributed by atoms with Crippen molar-refractivity contribution in [1.29, 1.82) is 0 Å². The Morgan fingerprint density at radius 1 is 1.00 bits per heavy atom. The van der Waals surface area contributed by atoms with Gasteiger partial charge in [-0.2, -0.15) is 0 Å². The molecule has 132 valence electrons. The lowest BCUT2D eigenvalue weighted by molar-refractivity contribution is 0.208. The van der Waals surface area contributed by atoms with E-state index in [1.54, 1.807) is 7.11 Å². The molecule has 2 amide bonds. The highest BCUT2D eigenvalue weighted by molar-refractivity contribution is 5.91. The van der Waals surface area contributed by atoms with E-state index in [2.05, 4.69) is 22.3 Å². The average molecular weight is 339 g/mol. The second kappa shape index (κ2) is 7.47. The molecule has 1 saturated heterocycles. The standard InChI is InChI=1S/C20H25N3O2/c1-15-13-18(19(25-3)14-16(15)2)21-20(24)23-11-9-22(10-12-23)17-7-5-4-6-8-17/h4-8,13-14H,9-12H2,1-3H3,(H,21,24). The molecular formula is C20H25N3O2. The maximum atomic E-state index is 12.6. The predicted molar refractivity (Wildman–Crippen MR) is 102 cm³/mol. The lowest BCUT2D eigenvalue weighted by atomic mass is 10.1. The van der Waals surface area contributed by atoms with Crippen molar-refractivity contribution in [3.63, 3.8) is 0 Å². The van der Waals surface area contributed by atoms with Crippen LogP contribution < -0.4 is 15.0 Å². The number of benzene rings is 2. The molecular weight excluding hydrogens is 314 g/mol. The lowest BCUT2D eigenvalue weighted by Crippen LogP contribution is -2.50. The number of amides is 2. The molecule has 2 aromatic carbocycles. The van der Waals surface area contributed by atoms with Crippen LogP contribution in [0.15, 0.2) is 42.5 Å². The molecule has 2 aromatic rings. The lowest BCUT2D eigenvalue weighted by Gasteiger charge is -2.36. The van der Waals surface area contributed by atoms with Gasteiger partial charge in [-0.15, -0.1) is 0 Å². The number of nitrogens with one attached hydrogen (secondary N) is 1. The fourth-order valence-corrected chi connectivity index (χ4v) is 3.06. The van der Waals surface area contributed by atoms with Crippen molar-refractivity contribution >= 4 is 17.4 Å². The Bertz CT molecular complexity index is 738. The Kier molecular flexibility index (Phi) is 5.12. The number of anilines is 2. The maximum Gasteiger partial charge on any atom is 0.322 e. The SMILES string of the molecule is COc1cc(C)c(C)cc1NC(=O)N1CCN(c2ccccc2)CC1. The first kappa shape index (κ1) is 17.1. The van der Waals surface area contributed by atoms with Crippen LogP contribution in [0.4, 0.5) is 16.2 Å². The zero-order valence-electron chi connectivity index (χ0n) is 15.1. The number of rotatable bonds is 3. The van der Waals surface area contributed by atoms with E-state index in [1.165, 1.54) is 5.69 Å². The summed E-state index contributed by atoms with van der Waals surface area (Å²) in [6, 6.07) is 14.2. The molecule has 1 fully saturated rings. The van der Waals surface area contributed by atoms with Gasteiger partial charge >= 0.3 is 6.03 Å². The molecule has 1 aliphatic heterocycles. The van der Waals surface area contributed by atoms with Gasteiger partial charge in [-0.1, -0.05) is 18.2 Å². The normalized spacial score (nSPS) is 14.4. The summed E-state index contributed by atoms with van der Waals surface area (Å²) in [4.78, 5) is 16.8. The Morgan fingerprint density at radius 3 is 2.28 bits per heavy atom. The van der Waals surface area contributed by atoms with Crippen LogP contribution in [0.3, 0.4) is 0 Å². The largest absolute Gasteiger partial charge is 0.495 e. The highest BCUT2D eigenvalue weighted by Crippen LogP contribution is 2.28.